The first kappa shape index (κ1) is 7.47. The summed E-state index contributed by atoms with van der Waals surface area (Å²) in [5.74, 6) is 0.488. The van der Waals surface area contributed by atoms with Crippen LogP contribution >= 0.6 is 0 Å². The van der Waals surface area contributed by atoms with Crippen LogP contribution < -0.4 is 0 Å². The Morgan fingerprint density at radius 3 is 2.62 bits per heavy atom. The molecule has 2 nitrogen and oxygen atoms in total. The van der Waals surface area contributed by atoms with Crippen LogP contribution in [0.2, 0.25) is 0 Å². The molecular weight excluding hydrogens is 102 g/mol. The van der Waals surface area contributed by atoms with E-state index in [0.29, 0.717) is 12.5 Å². The van der Waals surface area contributed by atoms with E-state index in [1.165, 1.54) is 0 Å². The predicted molar refractivity (Wildman–Crippen MR) is 35.0 cm³/mol. The molecule has 0 bridgehead atoms. The maximum atomic E-state index is 4.71. The zero-order chi connectivity index (χ0) is 6.41. The van der Waals surface area contributed by atoms with Crippen LogP contribution in [0.4, 0.5) is 0 Å². The second-order valence-electron chi connectivity index (χ2n) is 1.92. The summed E-state index contributed by atoms with van der Waals surface area (Å²) in [5, 5.41) is 3.66. The molecule has 0 fully saturated rings. The van der Waals surface area contributed by atoms with Crippen LogP contribution in [0.1, 0.15) is 20.8 Å². The van der Waals surface area contributed by atoms with Gasteiger partial charge in [0.1, 0.15) is 6.61 Å². The zero-order valence-electron chi connectivity index (χ0n) is 5.72. The van der Waals surface area contributed by atoms with Crippen molar-refractivity contribution in [3.05, 3.63) is 0 Å². The van der Waals surface area contributed by atoms with E-state index >= 15 is 0 Å². The molecule has 0 aromatic carbocycles. The third kappa shape index (κ3) is 5.47. The Morgan fingerprint density at radius 2 is 2.25 bits per heavy atom. The summed E-state index contributed by atoms with van der Waals surface area (Å²) in [6.07, 6.45) is 1.78. The minimum absolute atomic E-state index is 0.488. The van der Waals surface area contributed by atoms with Crippen molar-refractivity contribution in [2.75, 3.05) is 6.61 Å². The molecule has 0 amide bonds. The number of nitrogens with zero attached hydrogens (tertiary/aromatic N) is 1. The fourth-order valence-electron chi connectivity index (χ4n) is 0.239. The second kappa shape index (κ2) is 4.62. The van der Waals surface area contributed by atoms with Crippen LogP contribution in [0.25, 0.3) is 0 Å². The van der Waals surface area contributed by atoms with Crippen molar-refractivity contribution in [1.82, 2.24) is 0 Å². The SMILES string of the molecule is CCON=CC(C)C. The van der Waals surface area contributed by atoms with E-state index in [1.807, 2.05) is 6.92 Å². The van der Waals surface area contributed by atoms with Gasteiger partial charge < -0.3 is 4.84 Å². The van der Waals surface area contributed by atoms with Crippen molar-refractivity contribution in [1.29, 1.82) is 0 Å². The molecule has 0 radical (unpaired) electrons. The molecule has 0 heterocycles. The molecule has 0 atom stereocenters. The van der Waals surface area contributed by atoms with Gasteiger partial charge >= 0.3 is 0 Å². The highest BCUT2D eigenvalue weighted by Crippen LogP contribution is 1.84. The van der Waals surface area contributed by atoms with Crippen molar-refractivity contribution in [3.8, 4) is 0 Å². The second-order valence-corrected chi connectivity index (χ2v) is 1.92. The first-order valence-electron chi connectivity index (χ1n) is 2.92. The highest BCUT2D eigenvalue weighted by atomic mass is 16.6. The first-order valence-corrected chi connectivity index (χ1v) is 2.92. The molecule has 2 heteroatoms. The minimum Gasteiger partial charge on any atom is -0.396 e. The van der Waals surface area contributed by atoms with Crippen LogP contribution in [0.15, 0.2) is 5.16 Å². The van der Waals surface area contributed by atoms with Gasteiger partial charge in [-0.25, -0.2) is 0 Å². The normalized spacial score (nSPS) is 11.0. The Hall–Kier alpha value is -0.530. The summed E-state index contributed by atoms with van der Waals surface area (Å²) in [5.41, 5.74) is 0. The lowest BCUT2D eigenvalue weighted by Crippen LogP contribution is -1.88. The number of hydrogen-bond donors (Lipinski definition) is 0. The highest BCUT2D eigenvalue weighted by molar-refractivity contribution is 5.58. The molecule has 0 aliphatic heterocycles. The van der Waals surface area contributed by atoms with Gasteiger partial charge in [-0.05, 0) is 12.8 Å². The Morgan fingerprint density at radius 1 is 1.62 bits per heavy atom. The first-order chi connectivity index (χ1) is 3.77. The molecule has 48 valence electrons. The fourth-order valence-corrected chi connectivity index (χ4v) is 0.239. The predicted octanol–water partition coefficient (Wildman–Crippen LogP) is 1.66. The quantitative estimate of drug-likeness (QED) is 0.405. The van der Waals surface area contributed by atoms with Crippen LogP contribution in [0.3, 0.4) is 0 Å². The molecule has 0 aromatic rings. The van der Waals surface area contributed by atoms with Gasteiger partial charge in [0.25, 0.3) is 0 Å². The van der Waals surface area contributed by atoms with Crippen molar-refractivity contribution >= 4 is 6.21 Å². The Kier molecular flexibility index (Phi) is 4.32. The third-order valence-corrected chi connectivity index (χ3v) is 0.563. The average molecular weight is 115 g/mol. The fraction of sp³-hybridized carbons (Fsp3) is 0.833. The van der Waals surface area contributed by atoms with E-state index in [2.05, 4.69) is 19.0 Å². The van der Waals surface area contributed by atoms with E-state index in [4.69, 9.17) is 4.84 Å². The smallest absolute Gasteiger partial charge is 0.114 e. The molecule has 0 aromatic heterocycles. The molecule has 0 saturated heterocycles. The maximum Gasteiger partial charge on any atom is 0.114 e. The van der Waals surface area contributed by atoms with Gasteiger partial charge in [-0.1, -0.05) is 19.0 Å². The standard InChI is InChI=1S/C6H13NO/c1-4-8-7-5-6(2)3/h5-6H,4H2,1-3H3. The van der Waals surface area contributed by atoms with Gasteiger partial charge in [-0.2, -0.15) is 0 Å². The van der Waals surface area contributed by atoms with E-state index < -0.39 is 0 Å². The Bertz CT molecular complexity index is 68.9. The number of oxime groups is 1. The average Bonchev–Trinajstić information content (AvgIpc) is 1.66. The van der Waals surface area contributed by atoms with E-state index in [1.54, 1.807) is 6.21 Å². The molecule has 0 rings (SSSR count). The zero-order valence-corrected chi connectivity index (χ0v) is 5.72. The van der Waals surface area contributed by atoms with E-state index in [9.17, 15) is 0 Å². The minimum atomic E-state index is 0.488. The molecule has 0 spiro atoms. The van der Waals surface area contributed by atoms with E-state index in [0.717, 1.165) is 0 Å². The van der Waals surface area contributed by atoms with Crippen LogP contribution in [0.5, 0.6) is 0 Å². The molecule has 0 aliphatic carbocycles. The number of rotatable bonds is 3. The van der Waals surface area contributed by atoms with Gasteiger partial charge in [0, 0.05) is 6.21 Å². The van der Waals surface area contributed by atoms with Gasteiger partial charge in [-0.3, -0.25) is 0 Å². The third-order valence-electron chi connectivity index (χ3n) is 0.563. The van der Waals surface area contributed by atoms with Crippen LogP contribution in [-0.4, -0.2) is 12.8 Å². The summed E-state index contributed by atoms with van der Waals surface area (Å²) < 4.78 is 0. The van der Waals surface area contributed by atoms with E-state index in [-0.39, 0.29) is 0 Å². The van der Waals surface area contributed by atoms with Crippen molar-refractivity contribution < 1.29 is 4.84 Å². The summed E-state index contributed by atoms with van der Waals surface area (Å²) >= 11 is 0. The molecule has 8 heavy (non-hydrogen) atoms. The van der Waals surface area contributed by atoms with Gasteiger partial charge in [0.2, 0.25) is 0 Å². The largest absolute Gasteiger partial charge is 0.396 e. The summed E-state index contributed by atoms with van der Waals surface area (Å²) in [4.78, 5) is 4.71. The number of hydrogen-bond acceptors (Lipinski definition) is 2. The molecule has 0 aliphatic rings. The molecule has 0 saturated carbocycles. The lowest BCUT2D eigenvalue weighted by atomic mass is 10.3. The van der Waals surface area contributed by atoms with Crippen molar-refractivity contribution in [3.63, 3.8) is 0 Å². The monoisotopic (exact) mass is 115 g/mol. The summed E-state index contributed by atoms with van der Waals surface area (Å²) in [7, 11) is 0. The highest BCUT2D eigenvalue weighted by Gasteiger charge is 1.81. The molecule has 0 N–H and O–H groups in total. The van der Waals surface area contributed by atoms with Crippen molar-refractivity contribution in [2.24, 2.45) is 11.1 Å². The molecular formula is C6H13NO. The Balaban J connectivity index is 3.07. The maximum absolute atomic E-state index is 4.71. The summed E-state index contributed by atoms with van der Waals surface area (Å²) in [6, 6.07) is 0. The molecule has 0 unspecified atom stereocenters. The van der Waals surface area contributed by atoms with Gasteiger partial charge in [0.05, 0.1) is 0 Å². The summed E-state index contributed by atoms with van der Waals surface area (Å²) in [6.45, 7) is 6.69. The lowest BCUT2D eigenvalue weighted by Gasteiger charge is -1.92. The van der Waals surface area contributed by atoms with Gasteiger partial charge in [0.15, 0.2) is 0 Å². The topological polar surface area (TPSA) is 21.6 Å². The lowest BCUT2D eigenvalue weighted by molar-refractivity contribution is 0.159. The van der Waals surface area contributed by atoms with Crippen LogP contribution in [0, 0.1) is 5.92 Å². The van der Waals surface area contributed by atoms with Crippen LogP contribution in [-0.2, 0) is 4.84 Å². The van der Waals surface area contributed by atoms with Gasteiger partial charge in [-0.15, -0.1) is 0 Å². The van der Waals surface area contributed by atoms with Crippen molar-refractivity contribution in [2.45, 2.75) is 20.8 Å². The Labute approximate surface area is 50.5 Å².